The van der Waals surface area contributed by atoms with Gasteiger partial charge in [-0.05, 0) is 37.9 Å². The number of halogens is 1. The summed E-state index contributed by atoms with van der Waals surface area (Å²) in [5.74, 6) is 1.41. The fourth-order valence-electron chi connectivity index (χ4n) is 3.57. The van der Waals surface area contributed by atoms with Crippen molar-refractivity contribution in [3.8, 4) is 17.1 Å². The SMILES string of the molecule is COc1cc2ncc(-c3nc(NC4CCNC4)ccc3F)n2nc1C1CC1. The maximum atomic E-state index is 14.6. The first-order valence-electron chi connectivity index (χ1n) is 9.30. The topological polar surface area (TPSA) is 76.4 Å². The number of hydrogen-bond acceptors (Lipinski definition) is 6. The Labute approximate surface area is 156 Å². The largest absolute Gasteiger partial charge is 0.495 e. The number of hydrogen-bond donors (Lipinski definition) is 2. The molecular weight excluding hydrogens is 347 g/mol. The molecule has 1 saturated carbocycles. The Morgan fingerprint density at radius 2 is 2.19 bits per heavy atom. The average molecular weight is 368 g/mol. The molecule has 7 nitrogen and oxygen atoms in total. The number of methoxy groups -OCH3 is 1. The molecule has 0 spiro atoms. The lowest BCUT2D eigenvalue weighted by atomic mass is 10.2. The van der Waals surface area contributed by atoms with Gasteiger partial charge in [-0.25, -0.2) is 18.9 Å². The third-order valence-electron chi connectivity index (χ3n) is 5.17. The highest BCUT2D eigenvalue weighted by molar-refractivity contribution is 5.63. The minimum atomic E-state index is -0.391. The molecule has 5 rings (SSSR count). The smallest absolute Gasteiger partial charge is 0.157 e. The molecule has 27 heavy (non-hydrogen) atoms. The Kier molecular flexibility index (Phi) is 3.93. The molecular formula is C19H21FN6O. The van der Waals surface area contributed by atoms with Crippen molar-refractivity contribution in [2.45, 2.75) is 31.2 Å². The molecule has 1 saturated heterocycles. The van der Waals surface area contributed by atoms with Gasteiger partial charge in [0.1, 0.15) is 28.6 Å². The van der Waals surface area contributed by atoms with E-state index < -0.39 is 5.82 Å². The van der Waals surface area contributed by atoms with Crippen molar-refractivity contribution in [3.05, 3.63) is 35.9 Å². The first-order chi connectivity index (χ1) is 13.2. The van der Waals surface area contributed by atoms with E-state index in [2.05, 4.69) is 20.6 Å². The molecule has 1 atom stereocenters. The van der Waals surface area contributed by atoms with E-state index in [4.69, 9.17) is 9.84 Å². The molecule has 4 heterocycles. The van der Waals surface area contributed by atoms with Crippen LogP contribution >= 0.6 is 0 Å². The average Bonchev–Trinajstić information content (AvgIpc) is 3.25. The Morgan fingerprint density at radius 3 is 2.93 bits per heavy atom. The molecule has 2 aliphatic rings. The highest BCUT2D eigenvalue weighted by atomic mass is 19.1. The van der Waals surface area contributed by atoms with E-state index in [1.165, 1.54) is 6.07 Å². The van der Waals surface area contributed by atoms with Crippen LogP contribution in [-0.2, 0) is 0 Å². The van der Waals surface area contributed by atoms with Crippen LogP contribution in [0.2, 0.25) is 0 Å². The summed E-state index contributed by atoms with van der Waals surface area (Å²) in [6, 6.07) is 5.28. The van der Waals surface area contributed by atoms with Gasteiger partial charge in [0.05, 0.1) is 13.3 Å². The lowest BCUT2D eigenvalue weighted by molar-refractivity contribution is 0.405. The second-order valence-corrected chi connectivity index (χ2v) is 7.15. The Morgan fingerprint density at radius 1 is 1.30 bits per heavy atom. The lowest BCUT2D eigenvalue weighted by Gasteiger charge is -2.13. The molecule has 2 fully saturated rings. The van der Waals surface area contributed by atoms with Crippen LogP contribution in [0.15, 0.2) is 24.4 Å². The molecule has 8 heteroatoms. The fraction of sp³-hybridized carbons (Fsp3) is 0.421. The van der Waals surface area contributed by atoms with Crippen LogP contribution in [0.4, 0.5) is 10.2 Å². The maximum Gasteiger partial charge on any atom is 0.157 e. The molecule has 3 aromatic heterocycles. The molecule has 140 valence electrons. The zero-order chi connectivity index (χ0) is 18.4. The van der Waals surface area contributed by atoms with Crippen LogP contribution in [0.25, 0.3) is 17.0 Å². The number of fused-ring (bicyclic) bond motifs is 1. The van der Waals surface area contributed by atoms with Crippen molar-refractivity contribution in [1.82, 2.24) is 24.9 Å². The minimum Gasteiger partial charge on any atom is -0.495 e. The van der Waals surface area contributed by atoms with Gasteiger partial charge in [0.15, 0.2) is 11.5 Å². The molecule has 0 amide bonds. The number of nitrogens with one attached hydrogen (secondary N) is 2. The highest BCUT2D eigenvalue weighted by Crippen LogP contribution is 2.43. The van der Waals surface area contributed by atoms with Gasteiger partial charge in [-0.1, -0.05) is 0 Å². The molecule has 3 aromatic rings. The van der Waals surface area contributed by atoms with Crippen molar-refractivity contribution >= 4 is 11.5 Å². The van der Waals surface area contributed by atoms with E-state index in [0.717, 1.165) is 43.8 Å². The van der Waals surface area contributed by atoms with E-state index in [1.807, 2.05) is 6.07 Å². The van der Waals surface area contributed by atoms with Crippen LogP contribution in [0.1, 0.15) is 30.9 Å². The Bertz CT molecular complexity index is 993. The third-order valence-corrected chi connectivity index (χ3v) is 5.17. The molecule has 1 aliphatic heterocycles. The summed E-state index contributed by atoms with van der Waals surface area (Å²) >= 11 is 0. The molecule has 0 radical (unpaired) electrons. The maximum absolute atomic E-state index is 14.6. The zero-order valence-electron chi connectivity index (χ0n) is 15.1. The predicted molar refractivity (Wildman–Crippen MR) is 99.6 cm³/mol. The summed E-state index contributed by atoms with van der Waals surface area (Å²) in [4.78, 5) is 8.90. The molecule has 1 aliphatic carbocycles. The van der Waals surface area contributed by atoms with Gasteiger partial charge in [-0.2, -0.15) is 5.10 Å². The van der Waals surface area contributed by atoms with E-state index in [1.54, 1.807) is 23.9 Å². The molecule has 0 bridgehead atoms. The van der Waals surface area contributed by atoms with Crippen LogP contribution in [0.3, 0.4) is 0 Å². The number of imidazole rings is 1. The van der Waals surface area contributed by atoms with E-state index in [0.29, 0.717) is 29.1 Å². The van der Waals surface area contributed by atoms with Gasteiger partial charge in [0.25, 0.3) is 0 Å². The van der Waals surface area contributed by atoms with Crippen LogP contribution in [0.5, 0.6) is 5.75 Å². The van der Waals surface area contributed by atoms with Crippen molar-refractivity contribution < 1.29 is 9.13 Å². The zero-order valence-corrected chi connectivity index (χ0v) is 15.1. The second kappa shape index (κ2) is 6.45. The standard InChI is InChI=1S/C19H21FN6O/c1-27-15-8-17-22-10-14(26(17)25-18(15)11-2-3-11)19-13(20)4-5-16(24-19)23-12-6-7-21-9-12/h4-5,8,10-12,21H,2-3,6-7,9H2,1H3,(H,23,24). The third kappa shape index (κ3) is 2.99. The minimum absolute atomic E-state index is 0.248. The Balaban J connectivity index is 1.57. The monoisotopic (exact) mass is 368 g/mol. The van der Waals surface area contributed by atoms with Crippen molar-refractivity contribution in [1.29, 1.82) is 0 Å². The molecule has 0 aromatic carbocycles. The van der Waals surface area contributed by atoms with Crippen molar-refractivity contribution in [3.63, 3.8) is 0 Å². The lowest BCUT2D eigenvalue weighted by Crippen LogP contribution is -2.22. The number of aromatic nitrogens is 4. The number of anilines is 1. The van der Waals surface area contributed by atoms with E-state index >= 15 is 0 Å². The quantitative estimate of drug-likeness (QED) is 0.721. The summed E-state index contributed by atoms with van der Waals surface area (Å²) in [6.07, 6.45) is 4.83. The van der Waals surface area contributed by atoms with Crippen molar-refractivity contribution in [2.75, 3.05) is 25.5 Å². The van der Waals surface area contributed by atoms with Gasteiger partial charge >= 0.3 is 0 Å². The fourth-order valence-corrected chi connectivity index (χ4v) is 3.57. The number of pyridine rings is 1. The van der Waals surface area contributed by atoms with Crippen LogP contribution in [0, 0.1) is 5.82 Å². The predicted octanol–water partition coefficient (Wildman–Crippen LogP) is 2.59. The number of rotatable bonds is 5. The summed E-state index contributed by atoms with van der Waals surface area (Å²) in [6.45, 7) is 1.87. The van der Waals surface area contributed by atoms with E-state index in [9.17, 15) is 4.39 Å². The summed E-state index contributed by atoms with van der Waals surface area (Å²) in [7, 11) is 1.64. The van der Waals surface area contributed by atoms with Crippen LogP contribution < -0.4 is 15.4 Å². The van der Waals surface area contributed by atoms with Crippen molar-refractivity contribution in [2.24, 2.45) is 0 Å². The first-order valence-corrected chi connectivity index (χ1v) is 9.30. The van der Waals surface area contributed by atoms with Gasteiger partial charge in [-0.15, -0.1) is 0 Å². The molecule has 1 unspecified atom stereocenters. The number of nitrogens with zero attached hydrogens (tertiary/aromatic N) is 4. The first kappa shape index (κ1) is 16.4. The summed E-state index contributed by atoms with van der Waals surface area (Å²) in [5, 5.41) is 11.4. The normalized spacial score (nSPS) is 19.6. The van der Waals surface area contributed by atoms with Gasteiger partial charge in [0, 0.05) is 24.6 Å². The summed E-state index contributed by atoms with van der Waals surface area (Å²) < 4.78 is 21.7. The highest BCUT2D eigenvalue weighted by Gasteiger charge is 2.30. The Hall–Kier alpha value is -2.74. The van der Waals surface area contributed by atoms with Gasteiger partial charge in [0.2, 0.25) is 0 Å². The van der Waals surface area contributed by atoms with Gasteiger partial charge < -0.3 is 15.4 Å². The van der Waals surface area contributed by atoms with E-state index in [-0.39, 0.29) is 5.69 Å². The van der Waals surface area contributed by atoms with Gasteiger partial charge in [-0.3, -0.25) is 0 Å². The molecule has 2 N–H and O–H groups in total. The summed E-state index contributed by atoms with van der Waals surface area (Å²) in [5.41, 5.74) is 2.31. The number of ether oxygens (including phenoxy) is 1. The van der Waals surface area contributed by atoms with Crippen LogP contribution in [-0.4, -0.2) is 45.8 Å². The second-order valence-electron chi connectivity index (χ2n) is 7.15.